The normalized spacial score (nSPS) is 6.40. The fourth-order valence-corrected chi connectivity index (χ4v) is 0.317. The molecular weight excluding hydrogens is 175 g/mol. The Morgan fingerprint density at radius 2 is 2.40 bits per heavy atom. The lowest BCUT2D eigenvalue weighted by Crippen LogP contribution is -1.59. The quantitative estimate of drug-likeness (QED) is 0.324. The van der Waals surface area contributed by atoms with Crippen molar-refractivity contribution < 1.29 is 0 Å². The molecular formula is C4H4I. The molecule has 0 spiro atoms. The Morgan fingerprint density at radius 3 is 2.40 bits per heavy atom. The van der Waals surface area contributed by atoms with Crippen LogP contribution in [-0.2, 0) is 0 Å². The molecule has 0 saturated carbocycles. The van der Waals surface area contributed by atoms with Crippen molar-refractivity contribution in [2.45, 2.75) is 6.42 Å². The standard InChI is InChI=1S/C4H4I/c1-2-3-4-5/h3-4H2. The molecule has 0 fully saturated rings. The van der Waals surface area contributed by atoms with E-state index in [4.69, 9.17) is 6.42 Å². The number of alkyl halides is 1. The first-order chi connectivity index (χ1) is 2.41. The number of hydrogen-bond donors (Lipinski definition) is 0. The summed E-state index contributed by atoms with van der Waals surface area (Å²) in [7, 11) is 0. The van der Waals surface area contributed by atoms with Crippen LogP contribution in [0.1, 0.15) is 6.42 Å². The fraction of sp³-hybridized carbons (Fsp3) is 0.500. The zero-order chi connectivity index (χ0) is 4.12. The molecule has 0 aromatic heterocycles. The van der Waals surface area contributed by atoms with Gasteiger partial charge in [0.2, 0.25) is 0 Å². The maximum Gasteiger partial charge on any atom is 0.0189 e. The van der Waals surface area contributed by atoms with Gasteiger partial charge in [-0.05, 0) is 6.42 Å². The lowest BCUT2D eigenvalue weighted by atomic mass is 10.5. The molecule has 0 nitrogen and oxygen atoms in total. The Bertz CT molecular complexity index is 42.1. The minimum absolute atomic E-state index is 0.792. The van der Waals surface area contributed by atoms with E-state index in [0.29, 0.717) is 0 Å². The third-order valence-corrected chi connectivity index (χ3v) is 0.759. The van der Waals surface area contributed by atoms with Gasteiger partial charge in [-0.15, -0.1) is 0 Å². The molecule has 0 aromatic rings. The molecule has 0 heterocycles. The summed E-state index contributed by atoms with van der Waals surface area (Å²) in [6.07, 6.45) is 7.14. The van der Waals surface area contributed by atoms with Crippen LogP contribution in [0, 0.1) is 12.3 Å². The van der Waals surface area contributed by atoms with E-state index in [1.165, 1.54) is 0 Å². The van der Waals surface area contributed by atoms with Gasteiger partial charge >= 0.3 is 0 Å². The molecule has 0 saturated heterocycles. The molecule has 0 atom stereocenters. The third kappa shape index (κ3) is 4.29. The molecule has 0 bridgehead atoms. The van der Waals surface area contributed by atoms with E-state index in [1.807, 2.05) is 0 Å². The summed E-state index contributed by atoms with van der Waals surface area (Å²) >= 11 is 2.20. The minimum atomic E-state index is 0.792. The molecule has 0 aliphatic carbocycles. The summed E-state index contributed by atoms with van der Waals surface area (Å²) in [5, 5.41) is 0. The topological polar surface area (TPSA) is 0 Å². The smallest absolute Gasteiger partial charge is 0.0189 e. The Balaban J connectivity index is 2.48. The van der Waals surface area contributed by atoms with Gasteiger partial charge in [0.15, 0.2) is 0 Å². The summed E-state index contributed by atoms with van der Waals surface area (Å²) in [5.41, 5.74) is 0. The van der Waals surface area contributed by atoms with Crippen molar-refractivity contribution in [3.63, 3.8) is 0 Å². The Morgan fingerprint density at radius 1 is 1.80 bits per heavy atom. The molecule has 27 valence electrons. The second-order valence-corrected chi connectivity index (χ2v) is 1.69. The number of halogens is 1. The van der Waals surface area contributed by atoms with Crippen LogP contribution in [0.2, 0.25) is 0 Å². The average Bonchev–Trinajstić information content (AvgIpc) is 1.41. The zero-order valence-corrected chi connectivity index (χ0v) is 4.95. The highest BCUT2D eigenvalue weighted by Gasteiger charge is 1.64. The van der Waals surface area contributed by atoms with Crippen LogP contribution in [0.5, 0.6) is 0 Å². The second kappa shape index (κ2) is 4.29. The fourth-order valence-electron chi connectivity index (χ4n) is 0.0472. The average molecular weight is 179 g/mol. The van der Waals surface area contributed by atoms with Gasteiger partial charge in [0.25, 0.3) is 0 Å². The van der Waals surface area contributed by atoms with E-state index in [1.54, 1.807) is 0 Å². The molecule has 0 N–H and O–H groups in total. The molecule has 0 aliphatic rings. The van der Waals surface area contributed by atoms with E-state index in [9.17, 15) is 0 Å². The van der Waals surface area contributed by atoms with Crippen LogP contribution in [0.3, 0.4) is 0 Å². The van der Waals surface area contributed by atoms with E-state index in [0.717, 1.165) is 10.8 Å². The highest BCUT2D eigenvalue weighted by molar-refractivity contribution is 14.1. The monoisotopic (exact) mass is 179 g/mol. The maximum atomic E-state index is 6.35. The van der Waals surface area contributed by atoms with E-state index in [-0.39, 0.29) is 0 Å². The van der Waals surface area contributed by atoms with Crippen LogP contribution in [0.25, 0.3) is 0 Å². The Labute approximate surface area is 46.1 Å². The highest BCUT2D eigenvalue weighted by atomic mass is 127. The van der Waals surface area contributed by atoms with Crippen molar-refractivity contribution >= 4 is 22.6 Å². The van der Waals surface area contributed by atoms with Gasteiger partial charge in [-0.2, -0.15) is 0 Å². The summed E-state index contributed by atoms with van der Waals surface area (Å²) in [5.74, 6) is 2.26. The summed E-state index contributed by atoms with van der Waals surface area (Å²) < 4.78 is 1.02. The van der Waals surface area contributed by atoms with Gasteiger partial charge in [0.1, 0.15) is 0 Å². The lowest BCUT2D eigenvalue weighted by molar-refractivity contribution is 1.34. The van der Waals surface area contributed by atoms with Crippen LogP contribution in [-0.4, -0.2) is 4.43 Å². The molecule has 0 rings (SSSR count). The SMILES string of the molecule is [C]#CCCI. The number of hydrogen-bond acceptors (Lipinski definition) is 0. The largest absolute Gasteiger partial charge is 0.0883 e. The van der Waals surface area contributed by atoms with Crippen molar-refractivity contribution in [1.82, 2.24) is 0 Å². The highest BCUT2D eigenvalue weighted by Crippen LogP contribution is 1.82. The molecule has 1 heteroatoms. The Kier molecular flexibility index (Phi) is 4.54. The maximum absolute atomic E-state index is 6.35. The predicted octanol–water partition coefficient (Wildman–Crippen LogP) is 1.40. The van der Waals surface area contributed by atoms with Crippen molar-refractivity contribution in [2.75, 3.05) is 4.43 Å². The first kappa shape index (κ1) is 5.29. The van der Waals surface area contributed by atoms with Crippen LogP contribution in [0.15, 0.2) is 0 Å². The van der Waals surface area contributed by atoms with Crippen molar-refractivity contribution in [3.05, 3.63) is 6.42 Å². The molecule has 0 unspecified atom stereocenters. The van der Waals surface area contributed by atoms with E-state index >= 15 is 0 Å². The van der Waals surface area contributed by atoms with Crippen molar-refractivity contribution in [1.29, 1.82) is 0 Å². The first-order valence-electron chi connectivity index (χ1n) is 1.37. The van der Waals surface area contributed by atoms with Gasteiger partial charge in [-0.3, -0.25) is 0 Å². The van der Waals surface area contributed by atoms with E-state index < -0.39 is 0 Å². The molecule has 1 radical (unpaired) electrons. The molecule has 5 heavy (non-hydrogen) atoms. The lowest BCUT2D eigenvalue weighted by Gasteiger charge is -1.67. The van der Waals surface area contributed by atoms with E-state index in [2.05, 4.69) is 28.5 Å². The van der Waals surface area contributed by atoms with Gasteiger partial charge in [0.05, 0.1) is 0 Å². The Hall–Kier alpha value is 0.290. The zero-order valence-electron chi connectivity index (χ0n) is 2.79. The van der Waals surface area contributed by atoms with Crippen molar-refractivity contribution in [2.24, 2.45) is 0 Å². The molecule has 0 aliphatic heterocycles. The first-order valence-corrected chi connectivity index (χ1v) is 2.90. The van der Waals surface area contributed by atoms with Crippen molar-refractivity contribution in [3.8, 4) is 5.92 Å². The van der Waals surface area contributed by atoms with Crippen LogP contribution >= 0.6 is 22.6 Å². The van der Waals surface area contributed by atoms with Crippen LogP contribution in [0.4, 0.5) is 0 Å². The van der Waals surface area contributed by atoms with Gasteiger partial charge in [-0.1, -0.05) is 28.5 Å². The number of rotatable bonds is 1. The van der Waals surface area contributed by atoms with Gasteiger partial charge < -0.3 is 0 Å². The second-order valence-electron chi connectivity index (χ2n) is 0.616. The third-order valence-electron chi connectivity index (χ3n) is 0.219. The summed E-state index contributed by atoms with van der Waals surface area (Å²) in [6.45, 7) is 0. The summed E-state index contributed by atoms with van der Waals surface area (Å²) in [4.78, 5) is 0. The minimum Gasteiger partial charge on any atom is -0.0883 e. The molecule has 0 aromatic carbocycles. The predicted molar refractivity (Wildman–Crippen MR) is 30.6 cm³/mol. The van der Waals surface area contributed by atoms with Crippen LogP contribution < -0.4 is 0 Å². The van der Waals surface area contributed by atoms with Gasteiger partial charge in [-0.25, -0.2) is 0 Å². The van der Waals surface area contributed by atoms with Gasteiger partial charge in [0, 0.05) is 10.8 Å². The molecule has 0 amide bonds. The summed E-state index contributed by atoms with van der Waals surface area (Å²) in [6, 6.07) is 0.